The van der Waals surface area contributed by atoms with E-state index in [0.29, 0.717) is 26.2 Å². The Balaban J connectivity index is 1.87. The van der Waals surface area contributed by atoms with Crippen LogP contribution >= 0.6 is 15.9 Å². The first-order valence-corrected chi connectivity index (χ1v) is 10.4. The van der Waals surface area contributed by atoms with E-state index >= 15 is 0 Å². The van der Waals surface area contributed by atoms with E-state index in [2.05, 4.69) is 26.6 Å². The topological polar surface area (TPSA) is 73.6 Å². The highest BCUT2D eigenvalue weighted by Crippen LogP contribution is 2.29. The van der Waals surface area contributed by atoms with Crippen LogP contribution in [0.2, 0.25) is 0 Å². The van der Waals surface area contributed by atoms with Crippen LogP contribution < -0.4 is 9.47 Å². The van der Waals surface area contributed by atoms with Gasteiger partial charge in [0.1, 0.15) is 17.3 Å². The number of aromatic nitrogens is 2. The highest BCUT2D eigenvalue weighted by molar-refractivity contribution is 9.10. The molecule has 0 radical (unpaired) electrons. The molecule has 3 rings (SSSR count). The van der Waals surface area contributed by atoms with E-state index in [4.69, 9.17) is 19.6 Å². The predicted molar refractivity (Wildman–Crippen MR) is 116 cm³/mol. The van der Waals surface area contributed by atoms with E-state index in [1.165, 1.54) is 0 Å². The van der Waals surface area contributed by atoms with Gasteiger partial charge in [0.05, 0.1) is 30.8 Å². The van der Waals surface area contributed by atoms with Gasteiger partial charge in [-0.05, 0) is 56.5 Å². The molecule has 0 saturated carbocycles. The lowest BCUT2D eigenvalue weighted by atomic mass is 10.1. The lowest BCUT2D eigenvalue weighted by Crippen LogP contribution is -2.04. The third-order valence-electron chi connectivity index (χ3n) is 4.68. The number of halogens is 1. The molecule has 29 heavy (non-hydrogen) atoms. The van der Waals surface area contributed by atoms with Gasteiger partial charge in [-0.3, -0.25) is 4.79 Å². The van der Waals surface area contributed by atoms with E-state index in [-0.39, 0.29) is 6.42 Å². The van der Waals surface area contributed by atoms with E-state index < -0.39 is 5.97 Å². The van der Waals surface area contributed by atoms with E-state index in [1.54, 1.807) is 0 Å². The predicted octanol–water partition coefficient (Wildman–Crippen LogP) is 5.11. The van der Waals surface area contributed by atoms with Crippen LogP contribution in [0.5, 0.6) is 11.5 Å². The molecule has 0 saturated heterocycles. The van der Waals surface area contributed by atoms with Crippen molar-refractivity contribution in [3.05, 3.63) is 51.8 Å². The number of benzene rings is 2. The fourth-order valence-corrected chi connectivity index (χ4v) is 3.74. The lowest BCUT2D eigenvalue weighted by Gasteiger charge is -2.12. The maximum absolute atomic E-state index is 10.7. The zero-order valence-corrected chi connectivity index (χ0v) is 18.5. The van der Waals surface area contributed by atoms with Crippen LogP contribution in [-0.4, -0.2) is 33.8 Å². The highest BCUT2D eigenvalue weighted by atomic mass is 79.9. The zero-order valence-electron chi connectivity index (χ0n) is 16.9. The van der Waals surface area contributed by atoms with Gasteiger partial charge >= 0.3 is 5.97 Å². The molecule has 0 aliphatic carbocycles. The molecular weight excluding hydrogens is 436 g/mol. The van der Waals surface area contributed by atoms with Crippen molar-refractivity contribution >= 4 is 32.9 Å². The molecule has 154 valence electrons. The van der Waals surface area contributed by atoms with Gasteiger partial charge in [-0.15, -0.1) is 0 Å². The van der Waals surface area contributed by atoms with Crippen LogP contribution in [0.3, 0.4) is 0 Å². The van der Waals surface area contributed by atoms with Crippen molar-refractivity contribution in [2.75, 3.05) is 13.2 Å². The van der Waals surface area contributed by atoms with E-state index in [9.17, 15) is 4.79 Å². The summed E-state index contributed by atoms with van der Waals surface area (Å²) in [5.41, 5.74) is 4.10. The SMILES string of the molecule is CCOc1ccc(Cn2c(C)nc3c(C)cc(OCCCC(=O)O)cc32)c(Br)c1. The Bertz CT molecular complexity index is 1030. The van der Waals surface area contributed by atoms with Gasteiger partial charge in [0, 0.05) is 17.0 Å². The van der Waals surface area contributed by atoms with Gasteiger partial charge in [0.15, 0.2) is 0 Å². The number of ether oxygens (including phenoxy) is 2. The van der Waals surface area contributed by atoms with Crippen molar-refractivity contribution in [1.82, 2.24) is 9.55 Å². The molecular formula is C22H25BrN2O4. The van der Waals surface area contributed by atoms with Gasteiger partial charge in [-0.25, -0.2) is 4.98 Å². The van der Waals surface area contributed by atoms with Crippen molar-refractivity contribution in [1.29, 1.82) is 0 Å². The second-order valence-electron chi connectivity index (χ2n) is 6.89. The Hall–Kier alpha value is -2.54. The fourth-order valence-electron chi connectivity index (χ4n) is 3.26. The number of carboxylic acid groups (broad SMARTS) is 1. The summed E-state index contributed by atoms with van der Waals surface area (Å²) in [6.45, 7) is 7.63. The average Bonchev–Trinajstić information content (AvgIpc) is 2.97. The maximum Gasteiger partial charge on any atom is 0.303 e. The summed E-state index contributed by atoms with van der Waals surface area (Å²) in [7, 11) is 0. The van der Waals surface area contributed by atoms with Gasteiger partial charge in [-0.1, -0.05) is 22.0 Å². The molecule has 0 bridgehead atoms. The number of hydrogen-bond acceptors (Lipinski definition) is 4. The molecule has 1 aromatic heterocycles. The Morgan fingerprint density at radius 1 is 1.17 bits per heavy atom. The minimum Gasteiger partial charge on any atom is -0.494 e. The van der Waals surface area contributed by atoms with Crippen molar-refractivity contribution in [3.8, 4) is 11.5 Å². The lowest BCUT2D eigenvalue weighted by molar-refractivity contribution is -0.137. The summed E-state index contributed by atoms with van der Waals surface area (Å²) in [6.07, 6.45) is 0.577. The molecule has 0 atom stereocenters. The first-order chi connectivity index (χ1) is 13.9. The van der Waals surface area contributed by atoms with Crippen LogP contribution in [0.25, 0.3) is 11.0 Å². The number of aliphatic carboxylic acids is 1. The van der Waals surface area contributed by atoms with Crippen molar-refractivity contribution in [2.45, 2.75) is 40.2 Å². The summed E-state index contributed by atoms with van der Waals surface area (Å²) in [5, 5.41) is 8.77. The largest absolute Gasteiger partial charge is 0.494 e. The van der Waals surface area contributed by atoms with Crippen molar-refractivity contribution in [2.24, 2.45) is 0 Å². The van der Waals surface area contributed by atoms with Crippen LogP contribution in [0.1, 0.15) is 36.7 Å². The summed E-state index contributed by atoms with van der Waals surface area (Å²) < 4.78 is 14.5. The zero-order chi connectivity index (χ0) is 21.0. The minimum atomic E-state index is -0.810. The van der Waals surface area contributed by atoms with Gasteiger partial charge in [0.2, 0.25) is 0 Å². The Labute approximate surface area is 178 Å². The normalized spacial score (nSPS) is 11.0. The van der Waals surface area contributed by atoms with Crippen LogP contribution in [0, 0.1) is 13.8 Å². The van der Waals surface area contributed by atoms with E-state index in [1.807, 2.05) is 45.0 Å². The van der Waals surface area contributed by atoms with Crippen molar-refractivity contribution in [3.63, 3.8) is 0 Å². The Morgan fingerprint density at radius 3 is 2.66 bits per heavy atom. The van der Waals surface area contributed by atoms with Crippen LogP contribution in [-0.2, 0) is 11.3 Å². The summed E-state index contributed by atoms with van der Waals surface area (Å²) in [6, 6.07) is 9.94. The standard InChI is InChI=1S/C22H25BrN2O4/c1-4-28-17-8-7-16(19(23)11-17)13-25-15(3)24-22-14(2)10-18(12-20(22)25)29-9-5-6-21(26)27/h7-8,10-12H,4-6,9,13H2,1-3H3,(H,26,27). The second kappa shape index (κ2) is 9.31. The maximum atomic E-state index is 10.7. The third kappa shape index (κ3) is 5.09. The molecule has 0 aliphatic heterocycles. The number of fused-ring (bicyclic) bond motifs is 1. The first kappa shape index (κ1) is 21.2. The summed E-state index contributed by atoms with van der Waals surface area (Å²) >= 11 is 3.65. The Morgan fingerprint density at radius 2 is 1.97 bits per heavy atom. The Kier molecular flexibility index (Phi) is 6.79. The first-order valence-electron chi connectivity index (χ1n) is 9.62. The molecule has 3 aromatic rings. The number of nitrogens with zero attached hydrogens (tertiary/aromatic N) is 2. The number of carbonyl (C=O) groups is 1. The van der Waals surface area contributed by atoms with Gasteiger partial charge in [-0.2, -0.15) is 0 Å². The minimum absolute atomic E-state index is 0.101. The molecule has 7 heteroatoms. The number of aryl methyl sites for hydroxylation is 2. The monoisotopic (exact) mass is 460 g/mol. The van der Waals surface area contributed by atoms with Gasteiger partial charge < -0.3 is 19.1 Å². The van der Waals surface area contributed by atoms with Gasteiger partial charge in [0.25, 0.3) is 0 Å². The summed E-state index contributed by atoms with van der Waals surface area (Å²) in [5.74, 6) is 1.68. The highest BCUT2D eigenvalue weighted by Gasteiger charge is 2.14. The molecule has 0 aliphatic rings. The quantitative estimate of drug-likeness (QED) is 0.449. The number of hydrogen-bond donors (Lipinski definition) is 1. The summed E-state index contributed by atoms with van der Waals surface area (Å²) in [4.78, 5) is 15.4. The molecule has 0 amide bonds. The molecule has 0 fully saturated rings. The van der Waals surface area contributed by atoms with Crippen molar-refractivity contribution < 1.29 is 19.4 Å². The number of imidazole rings is 1. The fraction of sp³-hybridized carbons (Fsp3) is 0.364. The molecule has 1 heterocycles. The molecule has 0 spiro atoms. The molecule has 2 aromatic carbocycles. The molecule has 1 N–H and O–H groups in total. The number of rotatable bonds is 9. The molecule has 6 nitrogen and oxygen atoms in total. The molecule has 0 unspecified atom stereocenters. The van der Waals surface area contributed by atoms with Crippen LogP contribution in [0.15, 0.2) is 34.8 Å². The number of carboxylic acids is 1. The van der Waals surface area contributed by atoms with E-state index in [0.717, 1.165) is 44.0 Å². The third-order valence-corrected chi connectivity index (χ3v) is 5.41. The average molecular weight is 461 g/mol. The second-order valence-corrected chi connectivity index (χ2v) is 7.74. The van der Waals surface area contributed by atoms with Crippen LogP contribution in [0.4, 0.5) is 0 Å². The smallest absolute Gasteiger partial charge is 0.303 e.